The van der Waals surface area contributed by atoms with E-state index >= 15 is 0 Å². The Hall–Kier alpha value is 0.210. The van der Waals surface area contributed by atoms with Crippen LogP contribution in [0.2, 0.25) is 5.01 Å². The van der Waals surface area contributed by atoms with Gasteiger partial charge in [0.15, 0.2) is 19.9 Å². The van der Waals surface area contributed by atoms with Gasteiger partial charge in [-0.3, -0.25) is 0 Å². The van der Waals surface area contributed by atoms with Crippen LogP contribution in [0.15, 0.2) is 0 Å². The maximum absolute atomic E-state index is 11.0. The summed E-state index contributed by atoms with van der Waals surface area (Å²) >= 11 is 0. The minimum absolute atomic E-state index is 0.0326. The second-order valence-corrected chi connectivity index (χ2v) is 7.57. The van der Waals surface area contributed by atoms with Crippen molar-refractivity contribution in [3.63, 3.8) is 0 Å². The van der Waals surface area contributed by atoms with Crippen LogP contribution in [0, 0.1) is 0 Å². The van der Waals surface area contributed by atoms with Crippen LogP contribution in [0.3, 0.4) is 0 Å². The molecule has 15 heavy (non-hydrogen) atoms. The van der Waals surface area contributed by atoms with Crippen molar-refractivity contribution in [2.75, 3.05) is 0 Å². The fourth-order valence-electron chi connectivity index (χ4n) is 1.69. The monoisotopic (exact) mass is 244 g/mol. The van der Waals surface area contributed by atoms with Crippen molar-refractivity contribution in [3.8, 4) is 0 Å². The summed E-state index contributed by atoms with van der Waals surface area (Å²) in [5, 5.41) is -0.434. The van der Waals surface area contributed by atoms with Gasteiger partial charge < -0.3 is 8.20 Å². The van der Waals surface area contributed by atoms with E-state index in [-0.39, 0.29) is 27.9 Å². The topological polar surface area (TPSA) is 86.7 Å². The molecule has 0 amide bonds. The molecule has 14 heteroatoms. The zero-order valence-corrected chi connectivity index (χ0v) is 9.64. The Bertz CT molecular complexity index is 377. The highest BCUT2D eigenvalue weighted by atomic mass is 32.2. The lowest BCUT2D eigenvalue weighted by molar-refractivity contribution is 0.508. The summed E-state index contributed by atoms with van der Waals surface area (Å²) < 4.78 is 53.5. The average molecular weight is 243 g/mol. The standard InChI is InChI=1S/CH6B6O6S2/c8-14(9)6-2-1(4-12-14)3-7-15(10,11)13-5-1/h2-7H. The van der Waals surface area contributed by atoms with Crippen molar-refractivity contribution < 1.29 is 25.0 Å². The lowest BCUT2D eigenvalue weighted by atomic mass is 9.06. The van der Waals surface area contributed by atoms with Crippen LogP contribution in [0.25, 0.3) is 0 Å². The third-order valence-corrected chi connectivity index (χ3v) is 5.22. The molecule has 0 unspecified atom stereocenters. The van der Waals surface area contributed by atoms with Gasteiger partial charge in [0.25, 0.3) is 27.9 Å². The van der Waals surface area contributed by atoms with Crippen molar-refractivity contribution in [2.24, 2.45) is 0 Å². The molecule has 2 aliphatic rings. The maximum atomic E-state index is 11.0. The molecule has 1 spiro atoms. The van der Waals surface area contributed by atoms with Crippen LogP contribution in [0.5, 0.6) is 0 Å². The predicted octanol–water partition coefficient (Wildman–Crippen LogP) is -5.15. The van der Waals surface area contributed by atoms with Crippen molar-refractivity contribution in [3.05, 3.63) is 0 Å². The molecule has 2 aliphatic heterocycles. The van der Waals surface area contributed by atoms with Crippen molar-refractivity contribution >= 4 is 62.1 Å². The summed E-state index contributed by atoms with van der Waals surface area (Å²) in [7, 11) is -5.90. The van der Waals surface area contributed by atoms with Gasteiger partial charge >= 0.3 is 0 Å². The van der Waals surface area contributed by atoms with Crippen LogP contribution in [0.1, 0.15) is 0 Å². The number of hydrogen-bond donors (Lipinski definition) is 0. The fourth-order valence-corrected chi connectivity index (χ4v) is 4.15. The Balaban J connectivity index is 2.07. The van der Waals surface area contributed by atoms with Gasteiger partial charge in [-0.25, -0.2) is 16.8 Å². The van der Waals surface area contributed by atoms with Crippen LogP contribution >= 0.6 is 0 Å². The Morgan fingerprint density at radius 1 is 0.800 bits per heavy atom. The van der Waals surface area contributed by atoms with Gasteiger partial charge in [-0.1, -0.05) is 5.01 Å². The zero-order valence-electron chi connectivity index (χ0n) is 8.01. The molecule has 6 nitrogen and oxygen atoms in total. The van der Waals surface area contributed by atoms with Gasteiger partial charge in [0, 0.05) is 0 Å². The second-order valence-electron chi connectivity index (χ2n) is 4.05. The molecule has 0 aromatic carbocycles. The number of rotatable bonds is 0. The largest absolute Gasteiger partial charge is 0.350 e. The van der Waals surface area contributed by atoms with E-state index in [0.717, 1.165) is 0 Å². The molecule has 76 valence electrons. The molecule has 0 N–H and O–H groups in total. The van der Waals surface area contributed by atoms with Gasteiger partial charge in [-0.2, -0.15) is 0 Å². The molecule has 2 heterocycles. The van der Waals surface area contributed by atoms with E-state index in [4.69, 9.17) is 8.20 Å². The molecule has 2 saturated heterocycles. The van der Waals surface area contributed by atoms with Crippen molar-refractivity contribution in [2.45, 2.75) is 5.01 Å². The molecule has 0 saturated carbocycles. The quantitative estimate of drug-likeness (QED) is 0.395. The van der Waals surface area contributed by atoms with Gasteiger partial charge in [0.2, 0.25) is 0 Å². The first-order chi connectivity index (χ1) is 6.83. The average Bonchev–Trinajstić information content (AvgIpc) is 2.15. The number of hydrogen-bond acceptors (Lipinski definition) is 6. The molecule has 2 rings (SSSR count). The molecule has 0 aromatic rings. The summed E-state index contributed by atoms with van der Waals surface area (Å²) in [4.78, 5) is 0. The molecule has 0 radical (unpaired) electrons. The SMILES string of the molecule is O=S1(=O)BBC2(BBS(=O)(=O)OB2)BO1. The van der Waals surface area contributed by atoms with E-state index < -0.39 is 25.0 Å². The van der Waals surface area contributed by atoms with Crippen LogP contribution in [-0.2, 0) is 28.1 Å². The Morgan fingerprint density at radius 2 is 1.20 bits per heavy atom. The van der Waals surface area contributed by atoms with Gasteiger partial charge in [0.05, 0.1) is 14.3 Å². The normalized spacial score (nSPS) is 29.3. The molecule has 0 aliphatic carbocycles. The Labute approximate surface area is 92.4 Å². The van der Waals surface area contributed by atoms with Crippen LogP contribution < -0.4 is 0 Å². The third kappa shape index (κ3) is 2.66. The van der Waals surface area contributed by atoms with E-state index in [1.165, 1.54) is 0 Å². The highest BCUT2D eigenvalue weighted by molar-refractivity contribution is 8.19. The van der Waals surface area contributed by atoms with E-state index in [0.29, 0.717) is 14.3 Å². The molecular formula is CH6B6O6S2. The first kappa shape index (κ1) is 11.7. The summed E-state index contributed by atoms with van der Waals surface area (Å²) in [6.07, 6.45) is -0.118. The summed E-state index contributed by atoms with van der Waals surface area (Å²) in [5.74, 6) is 0. The Morgan fingerprint density at radius 3 is 1.47 bits per heavy atom. The van der Waals surface area contributed by atoms with E-state index in [1.807, 2.05) is 0 Å². The molecule has 0 aromatic heterocycles. The molecule has 0 bridgehead atoms. The van der Waals surface area contributed by atoms with Crippen LogP contribution in [-0.4, -0.2) is 59.0 Å². The second kappa shape index (κ2) is 3.61. The lowest BCUT2D eigenvalue weighted by Gasteiger charge is -2.34. The predicted molar refractivity (Wildman–Crippen MR) is 65.6 cm³/mol. The smallest absolute Gasteiger partial charge is 0.284 e. The highest BCUT2D eigenvalue weighted by Crippen LogP contribution is 2.28. The highest BCUT2D eigenvalue weighted by Gasteiger charge is 2.47. The third-order valence-electron chi connectivity index (χ3n) is 2.85. The van der Waals surface area contributed by atoms with Gasteiger partial charge in [0.1, 0.15) is 0 Å². The minimum atomic E-state index is -3.39. The first-order valence-corrected chi connectivity index (χ1v) is 7.72. The molecular weight excluding hydrogens is 237 g/mol. The van der Waals surface area contributed by atoms with Crippen molar-refractivity contribution in [1.29, 1.82) is 0 Å². The van der Waals surface area contributed by atoms with E-state index in [9.17, 15) is 16.8 Å². The van der Waals surface area contributed by atoms with Gasteiger partial charge in [-0.15, -0.1) is 0 Å². The maximum Gasteiger partial charge on any atom is 0.284 e. The summed E-state index contributed by atoms with van der Waals surface area (Å²) in [6.45, 7) is 0. The molecule has 0 atom stereocenters. The summed E-state index contributed by atoms with van der Waals surface area (Å²) in [6, 6.07) is 0. The lowest BCUT2D eigenvalue weighted by Crippen LogP contribution is -2.55. The Kier molecular flexibility index (Phi) is 2.81. The van der Waals surface area contributed by atoms with E-state index in [2.05, 4.69) is 0 Å². The first-order valence-electron chi connectivity index (χ1n) is 4.57. The fraction of sp³-hybridized carbons (Fsp3) is 1.00. The van der Waals surface area contributed by atoms with Crippen molar-refractivity contribution in [1.82, 2.24) is 0 Å². The molecule has 2 fully saturated rings. The van der Waals surface area contributed by atoms with Gasteiger partial charge in [-0.05, 0) is 0 Å². The minimum Gasteiger partial charge on any atom is -0.350 e. The zero-order chi connectivity index (χ0) is 11.2. The van der Waals surface area contributed by atoms with Crippen LogP contribution in [0.4, 0.5) is 0 Å². The summed E-state index contributed by atoms with van der Waals surface area (Å²) in [5.41, 5.74) is 0. The van der Waals surface area contributed by atoms with E-state index in [1.54, 1.807) is 0 Å².